The first-order valence-electron chi connectivity index (χ1n) is 9.93. The van der Waals surface area contributed by atoms with Crippen LogP contribution < -0.4 is 5.32 Å². The Morgan fingerprint density at radius 1 is 1.00 bits per heavy atom. The molecule has 3 aliphatic rings. The van der Waals surface area contributed by atoms with Gasteiger partial charge in [0.05, 0.1) is 0 Å². The van der Waals surface area contributed by atoms with Gasteiger partial charge in [-0.15, -0.1) is 12.4 Å². The summed E-state index contributed by atoms with van der Waals surface area (Å²) >= 11 is 0. The third kappa shape index (κ3) is 5.58. The molecule has 0 aromatic carbocycles. The number of nitrogens with one attached hydrogen (secondary N) is 1. The van der Waals surface area contributed by atoms with Crippen molar-refractivity contribution < 1.29 is 9.59 Å². The van der Waals surface area contributed by atoms with Crippen molar-refractivity contribution in [3.8, 4) is 0 Å². The number of amides is 2. The molecular weight excluding hydrogens is 338 g/mol. The van der Waals surface area contributed by atoms with Crippen molar-refractivity contribution in [1.29, 1.82) is 0 Å². The molecule has 144 valence electrons. The summed E-state index contributed by atoms with van der Waals surface area (Å²) in [5.74, 6) is 1.55. The first-order chi connectivity index (χ1) is 11.6. The van der Waals surface area contributed by atoms with E-state index in [0.29, 0.717) is 37.4 Å². The minimum atomic E-state index is 0. The SMILES string of the molecule is C[C@H]1C[C@@H](C(=O)N2CCN(C(=O)CCC3CCCC3)CC2)CCN1.Cl. The van der Waals surface area contributed by atoms with Crippen LogP contribution in [0.4, 0.5) is 0 Å². The zero-order valence-corrected chi connectivity index (χ0v) is 16.4. The van der Waals surface area contributed by atoms with Crippen molar-refractivity contribution in [1.82, 2.24) is 15.1 Å². The molecule has 0 bridgehead atoms. The van der Waals surface area contributed by atoms with Crippen LogP contribution in [0.5, 0.6) is 0 Å². The summed E-state index contributed by atoms with van der Waals surface area (Å²) in [6, 6.07) is 0.436. The average Bonchev–Trinajstić information content (AvgIpc) is 3.13. The smallest absolute Gasteiger partial charge is 0.225 e. The molecule has 2 heterocycles. The van der Waals surface area contributed by atoms with E-state index in [1.54, 1.807) is 0 Å². The fourth-order valence-corrected chi connectivity index (χ4v) is 4.58. The number of hydrogen-bond acceptors (Lipinski definition) is 3. The highest BCUT2D eigenvalue weighted by molar-refractivity contribution is 5.85. The fraction of sp³-hybridized carbons (Fsp3) is 0.895. The summed E-state index contributed by atoms with van der Waals surface area (Å²) in [4.78, 5) is 29.0. The van der Waals surface area contributed by atoms with Gasteiger partial charge in [-0.25, -0.2) is 0 Å². The normalized spacial score (nSPS) is 27.9. The van der Waals surface area contributed by atoms with E-state index in [9.17, 15) is 9.59 Å². The Balaban J connectivity index is 0.00000225. The van der Waals surface area contributed by atoms with Gasteiger partial charge in [-0.2, -0.15) is 0 Å². The highest BCUT2D eigenvalue weighted by Gasteiger charge is 2.31. The highest BCUT2D eigenvalue weighted by atomic mass is 35.5. The monoisotopic (exact) mass is 371 g/mol. The molecule has 0 spiro atoms. The van der Waals surface area contributed by atoms with Crippen molar-refractivity contribution in [2.24, 2.45) is 11.8 Å². The molecule has 0 unspecified atom stereocenters. The Morgan fingerprint density at radius 3 is 2.28 bits per heavy atom. The Bertz CT molecular complexity index is 446. The molecule has 1 N–H and O–H groups in total. The van der Waals surface area contributed by atoms with Crippen LogP contribution in [0.2, 0.25) is 0 Å². The van der Waals surface area contributed by atoms with Gasteiger partial charge in [-0.1, -0.05) is 25.7 Å². The third-order valence-electron chi connectivity index (χ3n) is 6.16. The van der Waals surface area contributed by atoms with Crippen molar-refractivity contribution in [2.45, 2.75) is 64.3 Å². The number of halogens is 1. The Morgan fingerprint density at radius 2 is 1.64 bits per heavy atom. The minimum Gasteiger partial charge on any atom is -0.339 e. The zero-order chi connectivity index (χ0) is 16.9. The molecule has 0 radical (unpaired) electrons. The Labute approximate surface area is 158 Å². The highest BCUT2D eigenvalue weighted by Crippen LogP contribution is 2.28. The molecule has 6 heteroatoms. The maximum absolute atomic E-state index is 12.7. The lowest BCUT2D eigenvalue weighted by Crippen LogP contribution is -2.53. The van der Waals surface area contributed by atoms with Crippen LogP contribution in [-0.2, 0) is 9.59 Å². The average molecular weight is 372 g/mol. The van der Waals surface area contributed by atoms with E-state index in [-0.39, 0.29) is 18.3 Å². The molecule has 5 nitrogen and oxygen atoms in total. The first-order valence-corrected chi connectivity index (χ1v) is 9.93. The summed E-state index contributed by atoms with van der Waals surface area (Å²) in [6.07, 6.45) is 8.96. The van der Waals surface area contributed by atoms with E-state index in [2.05, 4.69) is 12.2 Å². The van der Waals surface area contributed by atoms with Gasteiger partial charge in [-0.05, 0) is 38.6 Å². The van der Waals surface area contributed by atoms with Crippen LogP contribution in [-0.4, -0.2) is 60.4 Å². The molecule has 0 aromatic heterocycles. The summed E-state index contributed by atoms with van der Waals surface area (Å²) in [5.41, 5.74) is 0. The number of hydrogen-bond donors (Lipinski definition) is 1. The number of piperidine rings is 1. The molecule has 0 aromatic rings. The van der Waals surface area contributed by atoms with Crippen molar-refractivity contribution in [3.05, 3.63) is 0 Å². The van der Waals surface area contributed by atoms with Gasteiger partial charge in [0.2, 0.25) is 11.8 Å². The Hall–Kier alpha value is -0.810. The van der Waals surface area contributed by atoms with Crippen molar-refractivity contribution >= 4 is 24.2 Å². The second-order valence-electron chi connectivity index (χ2n) is 7.97. The quantitative estimate of drug-likeness (QED) is 0.825. The standard InChI is InChI=1S/C19H33N3O2.ClH/c1-15-14-17(8-9-20-15)19(24)22-12-10-21(11-13-22)18(23)7-6-16-4-2-3-5-16;/h15-17,20H,2-14H2,1H3;1H/t15-,17-;/m0./s1. The number of carbonyl (C=O) groups is 2. The molecule has 3 fully saturated rings. The summed E-state index contributed by atoms with van der Waals surface area (Å²) in [7, 11) is 0. The molecule has 2 aliphatic heterocycles. The van der Waals surface area contributed by atoms with Gasteiger partial charge in [0.15, 0.2) is 0 Å². The molecule has 2 amide bonds. The van der Waals surface area contributed by atoms with Gasteiger partial charge in [0.1, 0.15) is 0 Å². The molecule has 2 saturated heterocycles. The van der Waals surface area contributed by atoms with E-state index >= 15 is 0 Å². The van der Waals surface area contributed by atoms with Crippen LogP contribution in [0.3, 0.4) is 0 Å². The topological polar surface area (TPSA) is 52.7 Å². The second kappa shape index (κ2) is 9.77. The lowest BCUT2D eigenvalue weighted by Gasteiger charge is -2.38. The molecule has 3 rings (SSSR count). The molecule has 25 heavy (non-hydrogen) atoms. The largest absolute Gasteiger partial charge is 0.339 e. The van der Waals surface area contributed by atoms with Crippen LogP contribution in [0.1, 0.15) is 58.3 Å². The van der Waals surface area contributed by atoms with Crippen LogP contribution in [0.25, 0.3) is 0 Å². The summed E-state index contributed by atoms with van der Waals surface area (Å²) < 4.78 is 0. The third-order valence-corrected chi connectivity index (χ3v) is 6.16. The maximum atomic E-state index is 12.7. The van der Waals surface area contributed by atoms with Gasteiger partial charge in [0, 0.05) is 44.6 Å². The number of piperazine rings is 1. The molecular formula is C19H34ClN3O2. The van der Waals surface area contributed by atoms with Crippen LogP contribution >= 0.6 is 12.4 Å². The summed E-state index contributed by atoms with van der Waals surface area (Å²) in [5, 5.41) is 3.41. The predicted molar refractivity (Wildman–Crippen MR) is 102 cm³/mol. The van der Waals surface area contributed by atoms with E-state index in [4.69, 9.17) is 0 Å². The van der Waals surface area contributed by atoms with E-state index in [1.165, 1.54) is 25.7 Å². The van der Waals surface area contributed by atoms with Gasteiger partial charge >= 0.3 is 0 Å². The molecule has 2 atom stereocenters. The fourth-order valence-electron chi connectivity index (χ4n) is 4.58. The van der Waals surface area contributed by atoms with E-state index in [0.717, 1.165) is 44.8 Å². The van der Waals surface area contributed by atoms with Crippen LogP contribution in [0.15, 0.2) is 0 Å². The van der Waals surface area contributed by atoms with Gasteiger partial charge < -0.3 is 15.1 Å². The van der Waals surface area contributed by atoms with Crippen molar-refractivity contribution in [3.63, 3.8) is 0 Å². The number of rotatable bonds is 4. The first kappa shape index (κ1) is 20.5. The Kier molecular flexibility index (Phi) is 8.01. The second-order valence-corrected chi connectivity index (χ2v) is 7.97. The maximum Gasteiger partial charge on any atom is 0.225 e. The molecule has 1 aliphatic carbocycles. The number of nitrogens with zero attached hydrogens (tertiary/aromatic N) is 2. The summed E-state index contributed by atoms with van der Waals surface area (Å²) in [6.45, 7) is 5.96. The van der Waals surface area contributed by atoms with Gasteiger partial charge in [0.25, 0.3) is 0 Å². The predicted octanol–water partition coefficient (Wildman–Crippen LogP) is 2.44. The lowest BCUT2D eigenvalue weighted by molar-refractivity contribution is -0.143. The zero-order valence-electron chi connectivity index (χ0n) is 15.5. The minimum absolute atomic E-state index is 0. The number of carbonyl (C=O) groups excluding carboxylic acids is 2. The molecule has 1 saturated carbocycles. The van der Waals surface area contributed by atoms with Crippen molar-refractivity contribution in [2.75, 3.05) is 32.7 Å². The lowest BCUT2D eigenvalue weighted by atomic mass is 9.92. The van der Waals surface area contributed by atoms with Crippen LogP contribution in [0, 0.1) is 11.8 Å². The van der Waals surface area contributed by atoms with E-state index in [1.807, 2.05) is 9.80 Å². The van der Waals surface area contributed by atoms with Gasteiger partial charge in [-0.3, -0.25) is 9.59 Å². The van der Waals surface area contributed by atoms with E-state index < -0.39 is 0 Å².